The van der Waals surface area contributed by atoms with E-state index in [1.54, 1.807) is 6.92 Å². The molecule has 5 nitrogen and oxygen atoms in total. The number of hydrogen-bond acceptors (Lipinski definition) is 3. The van der Waals surface area contributed by atoms with Crippen molar-refractivity contribution in [2.24, 2.45) is 0 Å². The highest BCUT2D eigenvalue weighted by atomic mass is 35.5. The average molecular weight is 495 g/mol. The molecule has 0 aliphatic rings. The molecule has 3 aromatic rings. The summed E-state index contributed by atoms with van der Waals surface area (Å²) in [6, 6.07) is 16.9. The van der Waals surface area contributed by atoms with Crippen LogP contribution in [0, 0.1) is 5.82 Å². The fourth-order valence-electron chi connectivity index (χ4n) is 3.05. The highest BCUT2D eigenvalue weighted by Crippen LogP contribution is 2.24. The van der Waals surface area contributed by atoms with Gasteiger partial charge in [0.2, 0.25) is 10.0 Å². The van der Waals surface area contributed by atoms with Gasteiger partial charge in [0.05, 0.1) is 21.2 Å². The predicted molar refractivity (Wildman–Crippen MR) is 125 cm³/mol. The van der Waals surface area contributed by atoms with Gasteiger partial charge < -0.3 is 5.32 Å². The molecule has 1 amide bonds. The summed E-state index contributed by atoms with van der Waals surface area (Å²) in [5.41, 5.74) is 1.05. The Kier molecular flexibility index (Phi) is 7.90. The van der Waals surface area contributed by atoms with Crippen LogP contribution in [0.5, 0.6) is 0 Å². The van der Waals surface area contributed by atoms with E-state index >= 15 is 0 Å². The second-order valence-corrected chi connectivity index (χ2v) is 9.82. The van der Waals surface area contributed by atoms with E-state index < -0.39 is 21.7 Å². The van der Waals surface area contributed by atoms with Gasteiger partial charge in [-0.25, -0.2) is 17.5 Å². The van der Waals surface area contributed by atoms with E-state index in [-0.39, 0.29) is 27.2 Å². The highest BCUT2D eigenvalue weighted by molar-refractivity contribution is 7.89. The summed E-state index contributed by atoms with van der Waals surface area (Å²) in [6.07, 6.45) is 1.29. The number of sulfonamides is 1. The number of hydrogen-bond donors (Lipinski definition) is 2. The van der Waals surface area contributed by atoms with Crippen LogP contribution in [0.2, 0.25) is 10.0 Å². The minimum absolute atomic E-state index is 0.112. The zero-order chi connectivity index (χ0) is 23.3. The third-order valence-corrected chi connectivity index (χ3v) is 6.88. The summed E-state index contributed by atoms with van der Waals surface area (Å²) in [5, 5.41) is 2.86. The quantitative estimate of drug-likeness (QED) is 0.422. The summed E-state index contributed by atoms with van der Waals surface area (Å²) >= 11 is 11.8. The Bertz CT molecular complexity index is 1220. The molecule has 3 rings (SSSR count). The Labute approximate surface area is 196 Å². The zero-order valence-electron chi connectivity index (χ0n) is 17.1. The smallest absolute Gasteiger partial charge is 0.257 e. The molecule has 0 aromatic heterocycles. The first-order valence-corrected chi connectivity index (χ1v) is 12.0. The van der Waals surface area contributed by atoms with Crippen LogP contribution in [-0.4, -0.2) is 20.4 Å². The number of amides is 1. The van der Waals surface area contributed by atoms with E-state index in [0.29, 0.717) is 17.9 Å². The number of nitrogens with one attached hydrogen (secondary N) is 2. The molecule has 0 aliphatic carbocycles. The molecule has 9 heteroatoms. The normalized spacial score (nSPS) is 12.4. The average Bonchev–Trinajstić information content (AvgIpc) is 2.74. The highest BCUT2D eigenvalue weighted by Gasteiger charge is 2.20. The lowest BCUT2D eigenvalue weighted by Gasteiger charge is -2.15. The summed E-state index contributed by atoms with van der Waals surface area (Å²) in [6.45, 7) is 1.75. The van der Waals surface area contributed by atoms with Crippen LogP contribution in [0.3, 0.4) is 0 Å². The van der Waals surface area contributed by atoms with Crippen molar-refractivity contribution in [3.8, 4) is 0 Å². The molecule has 0 bridgehead atoms. The van der Waals surface area contributed by atoms with E-state index in [2.05, 4.69) is 10.0 Å². The minimum atomic E-state index is -3.93. The maximum absolute atomic E-state index is 14.6. The van der Waals surface area contributed by atoms with Gasteiger partial charge in [0, 0.05) is 11.1 Å². The second kappa shape index (κ2) is 10.4. The van der Waals surface area contributed by atoms with Gasteiger partial charge in [-0.05, 0) is 61.7 Å². The van der Waals surface area contributed by atoms with Gasteiger partial charge >= 0.3 is 0 Å². The van der Waals surface area contributed by atoms with Crippen LogP contribution in [0.4, 0.5) is 10.1 Å². The fourth-order valence-corrected chi connectivity index (χ4v) is 4.83. The Morgan fingerprint density at radius 1 is 1.03 bits per heavy atom. The first kappa shape index (κ1) is 24.2. The van der Waals surface area contributed by atoms with Crippen molar-refractivity contribution >= 4 is 44.8 Å². The van der Waals surface area contributed by atoms with E-state index in [4.69, 9.17) is 23.2 Å². The largest absolute Gasteiger partial charge is 0.319 e. The van der Waals surface area contributed by atoms with Gasteiger partial charge in [-0.15, -0.1) is 0 Å². The topological polar surface area (TPSA) is 75.3 Å². The molecule has 2 N–H and O–H groups in total. The standard InChI is InChI=1S/C23H21Cl2FN2O3S/c1-15(7-8-16-5-3-2-4-6-16)28-32(30,31)18-10-12-22(21(26)14-18)27-23(29)19-11-9-17(24)13-20(19)25/h2-6,9-15,28H,7-8H2,1H3,(H,27,29). The number of aryl methyl sites for hydroxylation is 1. The van der Waals surface area contributed by atoms with Gasteiger partial charge in [-0.1, -0.05) is 53.5 Å². The molecule has 1 atom stereocenters. The van der Waals surface area contributed by atoms with Gasteiger partial charge in [0.15, 0.2) is 0 Å². The lowest BCUT2D eigenvalue weighted by Crippen LogP contribution is -2.33. The van der Waals surface area contributed by atoms with Crippen molar-refractivity contribution in [1.29, 1.82) is 0 Å². The van der Waals surface area contributed by atoms with Crippen molar-refractivity contribution in [2.45, 2.75) is 30.7 Å². The molecule has 0 aliphatic heterocycles. The van der Waals surface area contributed by atoms with Gasteiger partial charge in [0.1, 0.15) is 5.82 Å². The molecule has 32 heavy (non-hydrogen) atoms. The number of rotatable bonds is 8. The number of carbonyl (C=O) groups is 1. The van der Waals surface area contributed by atoms with Gasteiger partial charge in [0.25, 0.3) is 5.91 Å². The van der Waals surface area contributed by atoms with E-state index in [1.165, 1.54) is 30.3 Å². The summed E-state index contributed by atoms with van der Waals surface area (Å²) < 4.78 is 42.4. The maximum Gasteiger partial charge on any atom is 0.257 e. The number of carbonyl (C=O) groups excluding carboxylic acids is 1. The molecule has 0 radical (unpaired) electrons. The Morgan fingerprint density at radius 3 is 2.41 bits per heavy atom. The molecule has 0 saturated heterocycles. The van der Waals surface area contributed by atoms with E-state index in [9.17, 15) is 17.6 Å². The van der Waals surface area contributed by atoms with Gasteiger partial charge in [-0.2, -0.15) is 0 Å². The second-order valence-electron chi connectivity index (χ2n) is 7.27. The first-order valence-electron chi connectivity index (χ1n) is 9.78. The summed E-state index contributed by atoms with van der Waals surface area (Å²) in [4.78, 5) is 12.1. The number of benzene rings is 3. The zero-order valence-corrected chi connectivity index (χ0v) is 19.4. The van der Waals surface area contributed by atoms with Crippen LogP contribution in [0.15, 0.2) is 71.6 Å². The molecule has 1 unspecified atom stereocenters. The SMILES string of the molecule is CC(CCc1ccccc1)NS(=O)(=O)c1ccc(NC(=O)c2ccc(Cl)cc2Cl)c(F)c1. The number of anilines is 1. The lowest BCUT2D eigenvalue weighted by molar-refractivity contribution is 0.102. The van der Waals surface area contributed by atoms with Crippen molar-refractivity contribution in [1.82, 2.24) is 4.72 Å². The monoisotopic (exact) mass is 494 g/mol. The third-order valence-electron chi connectivity index (χ3n) is 4.74. The Balaban J connectivity index is 1.67. The summed E-state index contributed by atoms with van der Waals surface area (Å²) in [7, 11) is -3.93. The fraction of sp³-hybridized carbons (Fsp3) is 0.174. The molecule has 0 fully saturated rings. The third kappa shape index (κ3) is 6.29. The molecule has 0 heterocycles. The molecule has 168 valence electrons. The van der Waals surface area contributed by atoms with Crippen LogP contribution >= 0.6 is 23.2 Å². The summed E-state index contributed by atoms with van der Waals surface area (Å²) in [5.74, 6) is -1.53. The van der Waals surface area contributed by atoms with Crippen LogP contribution < -0.4 is 10.0 Å². The molecular formula is C23H21Cl2FN2O3S. The first-order chi connectivity index (χ1) is 15.2. The van der Waals surface area contributed by atoms with E-state index in [1.807, 2.05) is 30.3 Å². The lowest BCUT2D eigenvalue weighted by atomic mass is 10.1. The maximum atomic E-state index is 14.6. The van der Waals surface area contributed by atoms with Crippen molar-refractivity contribution in [3.63, 3.8) is 0 Å². The molecule has 0 spiro atoms. The Hall–Kier alpha value is -2.45. The van der Waals surface area contributed by atoms with Crippen LogP contribution in [0.1, 0.15) is 29.3 Å². The van der Waals surface area contributed by atoms with Crippen LogP contribution in [0.25, 0.3) is 0 Å². The Morgan fingerprint density at radius 2 is 1.75 bits per heavy atom. The molecule has 0 saturated carbocycles. The predicted octanol–water partition coefficient (Wildman–Crippen LogP) is 5.68. The van der Waals surface area contributed by atoms with Crippen molar-refractivity contribution < 1.29 is 17.6 Å². The number of halogens is 3. The van der Waals surface area contributed by atoms with Gasteiger partial charge in [-0.3, -0.25) is 4.79 Å². The van der Waals surface area contributed by atoms with Crippen molar-refractivity contribution in [2.75, 3.05) is 5.32 Å². The minimum Gasteiger partial charge on any atom is -0.319 e. The van der Waals surface area contributed by atoms with Crippen LogP contribution in [-0.2, 0) is 16.4 Å². The van der Waals surface area contributed by atoms with E-state index in [0.717, 1.165) is 11.6 Å². The molecule has 3 aromatic carbocycles. The molecular weight excluding hydrogens is 474 g/mol. The van der Waals surface area contributed by atoms with Crippen molar-refractivity contribution in [3.05, 3.63) is 93.7 Å².